The fraction of sp³-hybridized carbons (Fsp3) is 1.00. The number of nitrogens with one attached hydrogen (secondary N) is 1. The van der Waals surface area contributed by atoms with Crippen LogP contribution in [0.25, 0.3) is 0 Å². The second-order valence-corrected chi connectivity index (χ2v) is 27.0. The fourth-order valence-electron chi connectivity index (χ4n) is 4.52. The molecule has 0 amide bonds. The Morgan fingerprint density at radius 3 is 1.31 bits per heavy atom. The van der Waals surface area contributed by atoms with Crippen LogP contribution < -0.4 is 40.4 Å². The molecule has 0 aromatic heterocycles. The van der Waals surface area contributed by atoms with Crippen LogP contribution in [0.3, 0.4) is 0 Å². The van der Waals surface area contributed by atoms with Gasteiger partial charge in [0.25, 0.3) is 14.2 Å². The summed E-state index contributed by atoms with van der Waals surface area (Å²) in [7, 11) is 3.15. The maximum Gasteiger partial charge on any atom is 1.00 e. The molecule has 0 spiro atoms. The van der Waals surface area contributed by atoms with E-state index in [1.807, 2.05) is 13.8 Å². The predicted octanol–water partition coefficient (Wildman–Crippen LogP) is 14.7. The van der Waals surface area contributed by atoms with Crippen LogP contribution in [-0.2, 0) is 82.3 Å². The zero-order valence-electron chi connectivity index (χ0n) is 40.2. The van der Waals surface area contributed by atoms with Crippen molar-refractivity contribution in [3.63, 3.8) is 0 Å². The number of hydrogen-bond acceptors (Lipinski definition) is 20. The van der Waals surface area contributed by atoms with Crippen LogP contribution in [0.1, 0.15) is 154 Å². The van der Waals surface area contributed by atoms with Gasteiger partial charge in [-0.1, -0.05) is 87.1 Å². The van der Waals surface area contributed by atoms with Crippen molar-refractivity contribution in [2.24, 2.45) is 5.73 Å². The maximum atomic E-state index is 12.5. The minimum absolute atomic E-state index is 0. The molecule has 2 aliphatic carbocycles. The van der Waals surface area contributed by atoms with E-state index in [4.69, 9.17) is 74.1 Å². The van der Waals surface area contributed by atoms with E-state index in [0.717, 1.165) is 19.3 Å². The van der Waals surface area contributed by atoms with Gasteiger partial charge >= 0.3 is 60.4 Å². The maximum absolute atomic E-state index is 12.5. The smallest absolute Gasteiger partial charge is 0.870 e. The molecule has 1 saturated heterocycles. The second-order valence-electron chi connectivity index (χ2n) is 14.7. The molecular formula is C43H115Cl4N2NaO19P6+2. The zero-order chi connectivity index (χ0) is 49.5. The van der Waals surface area contributed by atoms with Crippen LogP contribution in [0.15, 0.2) is 0 Å². The van der Waals surface area contributed by atoms with Crippen LogP contribution in [0.5, 0.6) is 0 Å². The average Bonchev–Trinajstić information content (AvgIpc) is 3.50. The monoisotopic (exact) mass is 1310 g/mol. The van der Waals surface area contributed by atoms with Crippen LogP contribution in [0.2, 0.25) is 0 Å². The number of hydrogen-bond donors (Lipinski definition) is 2. The molecule has 12 unspecified atom stereocenters. The van der Waals surface area contributed by atoms with Gasteiger partial charge in [0.1, 0.15) is 18.8 Å². The summed E-state index contributed by atoms with van der Waals surface area (Å²) in [6.45, 7) is 10.6. The van der Waals surface area contributed by atoms with Gasteiger partial charge in [0.15, 0.2) is 6.66 Å². The summed E-state index contributed by atoms with van der Waals surface area (Å²) in [4.78, 5) is 0. The molecule has 3 aliphatic rings. The molecule has 0 radical (unpaired) electrons. The largest absolute Gasteiger partial charge is 1.00 e. The molecule has 468 valence electrons. The molecule has 75 heavy (non-hydrogen) atoms. The summed E-state index contributed by atoms with van der Waals surface area (Å²) < 4.78 is 128. The third kappa shape index (κ3) is 78.8. The summed E-state index contributed by atoms with van der Waals surface area (Å²) in [5.41, 5.74) is 5.38. The Balaban J connectivity index is -0.0000000514. The third-order valence-electron chi connectivity index (χ3n) is 7.32. The van der Waals surface area contributed by atoms with Gasteiger partial charge in [0.05, 0.1) is 57.5 Å². The van der Waals surface area contributed by atoms with Crippen molar-refractivity contribution in [3.05, 3.63) is 0 Å². The van der Waals surface area contributed by atoms with E-state index < -0.39 is 63.4 Å². The summed E-state index contributed by atoms with van der Waals surface area (Å²) in [5, 5.41) is 3.01. The van der Waals surface area contributed by atoms with E-state index in [1.54, 1.807) is 41.9 Å². The topological polar surface area (TPSA) is 281 Å². The summed E-state index contributed by atoms with van der Waals surface area (Å²) >= 11 is 11.1. The van der Waals surface area contributed by atoms with Crippen LogP contribution >= 0.6 is 89.3 Å². The number of halogens is 4. The van der Waals surface area contributed by atoms with Gasteiger partial charge in [0, 0.05) is 90.9 Å². The van der Waals surface area contributed by atoms with Crippen molar-refractivity contribution < 1.29 is 117 Å². The number of rotatable bonds is 24. The Labute approximate surface area is 504 Å². The van der Waals surface area contributed by atoms with E-state index in [-0.39, 0.29) is 153 Å². The standard InChI is InChI=1S/C16H35ClNO9P3.C5H12ClO3P.C5H12O3P.C4H9N.C3H6O3P.10CH4.Cl2.Na.H2O/c1-13(10-22-4)27-30(17,21)24-12-15(3)26-29(6,20)23-11-14(2)25-28(5,19)18-16-8-7-9-16;1-5(4-8-2)9-10(3,6)7;1-5(4-7-2)8-9(3)6;5-4-2-1-3-4;1-3-2-5-7(4)6-3;;;;;;;;;;;1-2;;/h13-16H,7-12H2,1-6H3,(H,18,19);5H,4H2,1-3H3;5H,4H2,1-3H3;4H,1-3,5H2;3H,2H2,1H3;10*1H4;;;1H2/q;;+1;;+1;;;;;;;;;;;;+1;/p-1. The van der Waals surface area contributed by atoms with Crippen LogP contribution in [-0.4, -0.2) is 142 Å². The summed E-state index contributed by atoms with van der Waals surface area (Å²) in [6, 6.07) is 0.782. The van der Waals surface area contributed by atoms with Gasteiger partial charge in [-0.15, -0.1) is 13.6 Å². The Morgan fingerprint density at radius 2 is 1.01 bits per heavy atom. The van der Waals surface area contributed by atoms with Gasteiger partial charge in [-0.3, -0.25) is 22.7 Å². The van der Waals surface area contributed by atoms with E-state index >= 15 is 0 Å². The fourth-order valence-corrected chi connectivity index (χ4v) is 11.5. The Kier molecular flexibility index (Phi) is 102. The first kappa shape index (κ1) is 116. The predicted molar refractivity (Wildman–Crippen MR) is 321 cm³/mol. The third-order valence-corrected chi connectivity index (χ3v) is 14.4. The molecule has 21 nitrogen and oxygen atoms in total. The van der Waals surface area contributed by atoms with Crippen LogP contribution in [0.4, 0.5) is 0 Å². The minimum Gasteiger partial charge on any atom is -0.870 e. The van der Waals surface area contributed by atoms with Crippen molar-refractivity contribution >= 4 is 89.3 Å². The van der Waals surface area contributed by atoms with Crippen molar-refractivity contribution in [2.75, 3.05) is 87.6 Å². The van der Waals surface area contributed by atoms with Crippen molar-refractivity contribution in [3.8, 4) is 0 Å². The molecule has 1 aliphatic heterocycles. The first-order valence-corrected chi connectivity index (χ1v) is 33.1. The molecule has 3 rings (SSSR count). The Morgan fingerprint density at radius 1 is 0.653 bits per heavy atom. The van der Waals surface area contributed by atoms with E-state index in [1.165, 1.54) is 53.0 Å². The van der Waals surface area contributed by atoms with Gasteiger partial charge < -0.3 is 43.5 Å². The van der Waals surface area contributed by atoms with Gasteiger partial charge in [-0.05, 0) is 83.0 Å². The van der Waals surface area contributed by atoms with Crippen molar-refractivity contribution in [1.29, 1.82) is 0 Å². The first-order chi connectivity index (χ1) is 29.0. The summed E-state index contributed by atoms with van der Waals surface area (Å²) in [6.07, 6.45) is 4.90. The SMILES string of the molecule is C.C.C.C.C.C.C.C.C.C.CC1CO[P+](=O)O1.COCC(C)OP(=O)(Cl)OCC(C)OP(C)(=O)OCC(C)OP(C)(=O)NC1CCC1.COCC(C)OP(C)(=O)Cl.COCC(C)O[P+](C)=O.ClCl.NC1CCC1.[Na+].[OH-]. The quantitative estimate of drug-likeness (QED) is 0.0671. The molecule has 3 fully saturated rings. The second kappa shape index (κ2) is 65.8. The van der Waals surface area contributed by atoms with Gasteiger partial charge in [-0.2, -0.15) is 0 Å². The van der Waals surface area contributed by atoms with Crippen molar-refractivity contribution in [2.45, 2.75) is 203 Å². The first-order valence-electron chi connectivity index (χ1n) is 19.8. The molecular weight excluding hydrogens is 1200 g/mol. The molecule has 1 heterocycles. The molecule has 32 heteroatoms. The van der Waals surface area contributed by atoms with Gasteiger partial charge in [0.2, 0.25) is 0 Å². The normalized spacial score (nSPS) is 19.4. The summed E-state index contributed by atoms with van der Waals surface area (Å²) in [5.74, 6) is 0. The van der Waals surface area contributed by atoms with E-state index in [2.05, 4.69) is 35.8 Å². The molecule has 4 N–H and O–H groups in total. The Bertz CT molecular complexity index is 1430. The number of ether oxygens (including phenoxy) is 3. The zero-order valence-corrected chi connectivity index (χ0v) is 50.6. The van der Waals surface area contributed by atoms with Crippen molar-refractivity contribution in [1.82, 2.24) is 5.09 Å². The molecule has 0 bridgehead atoms. The number of nitrogens with two attached hydrogens (primary N) is 1. The van der Waals surface area contributed by atoms with E-state index in [9.17, 15) is 27.4 Å². The molecule has 12 atom stereocenters. The molecule has 2 saturated carbocycles. The van der Waals surface area contributed by atoms with Gasteiger partial charge in [-0.25, -0.2) is 9.65 Å². The molecule has 0 aromatic carbocycles. The minimum atomic E-state index is -3.84. The number of methoxy groups -OCH3 is 3. The van der Waals surface area contributed by atoms with E-state index in [0.29, 0.717) is 25.9 Å². The molecule has 0 aromatic rings. The van der Waals surface area contributed by atoms with Crippen LogP contribution in [0, 0.1) is 0 Å². The average molecular weight is 1320 g/mol. The Hall–Kier alpha value is 2.68.